The molecule has 0 saturated carbocycles. The van der Waals surface area contributed by atoms with Crippen LogP contribution in [-0.4, -0.2) is 37.2 Å². The number of sulfonamides is 1. The maximum Gasteiger partial charge on any atom is 0.280 e. The second kappa shape index (κ2) is 8.08. The van der Waals surface area contributed by atoms with Gasteiger partial charge in [-0.05, 0) is 60.9 Å². The number of rotatable bonds is 6. The fourth-order valence-corrected chi connectivity index (χ4v) is 4.86. The summed E-state index contributed by atoms with van der Waals surface area (Å²) < 4.78 is 34.3. The normalized spacial score (nSPS) is 13.3. The lowest BCUT2D eigenvalue weighted by molar-refractivity contribution is 0.0640. The Labute approximate surface area is 185 Å². The smallest absolute Gasteiger partial charge is 0.280 e. The summed E-state index contributed by atoms with van der Waals surface area (Å²) in [7, 11) is -2.63. The molecule has 3 aromatic rings. The minimum absolute atomic E-state index is 0.0897. The van der Waals surface area contributed by atoms with Crippen LogP contribution >= 0.6 is 0 Å². The van der Waals surface area contributed by atoms with E-state index in [9.17, 15) is 18.0 Å². The van der Waals surface area contributed by atoms with E-state index in [-0.39, 0.29) is 28.4 Å². The number of nitrogens with zero attached hydrogens (tertiary/aromatic N) is 2. The number of pyridine rings is 1. The molecule has 2 amide bonds. The molecule has 4 rings (SSSR count). The van der Waals surface area contributed by atoms with Gasteiger partial charge < -0.3 is 4.74 Å². The molecule has 164 valence electrons. The largest absolute Gasteiger partial charge is 0.495 e. The summed E-state index contributed by atoms with van der Waals surface area (Å²) >= 11 is 0. The summed E-state index contributed by atoms with van der Waals surface area (Å²) in [5, 5.41) is 0. The van der Waals surface area contributed by atoms with Crippen molar-refractivity contribution >= 4 is 27.5 Å². The van der Waals surface area contributed by atoms with Crippen LogP contribution < -0.4 is 9.46 Å². The lowest BCUT2D eigenvalue weighted by Gasteiger charge is -2.17. The van der Waals surface area contributed by atoms with E-state index in [1.807, 2.05) is 19.1 Å². The second-order valence-corrected chi connectivity index (χ2v) is 9.16. The van der Waals surface area contributed by atoms with Gasteiger partial charge in [-0.2, -0.15) is 0 Å². The molecule has 1 aliphatic heterocycles. The van der Waals surface area contributed by atoms with Gasteiger partial charge in [0.1, 0.15) is 16.3 Å². The van der Waals surface area contributed by atoms with E-state index in [1.54, 1.807) is 31.2 Å². The molecular weight excluding hydrogens is 430 g/mol. The van der Waals surface area contributed by atoms with Gasteiger partial charge in [-0.15, -0.1) is 0 Å². The van der Waals surface area contributed by atoms with Crippen LogP contribution in [-0.2, 0) is 16.6 Å². The van der Waals surface area contributed by atoms with E-state index in [0.717, 1.165) is 16.0 Å². The van der Waals surface area contributed by atoms with Crippen molar-refractivity contribution in [3.63, 3.8) is 0 Å². The van der Waals surface area contributed by atoms with Crippen molar-refractivity contribution in [3.05, 3.63) is 82.7 Å². The molecule has 1 aliphatic rings. The molecule has 0 fully saturated rings. The number of methoxy groups -OCH3 is 1. The Bertz CT molecular complexity index is 1320. The summed E-state index contributed by atoms with van der Waals surface area (Å²) in [6.45, 7) is 3.58. The molecule has 9 heteroatoms. The van der Waals surface area contributed by atoms with Crippen LogP contribution in [0.2, 0.25) is 0 Å². The predicted molar refractivity (Wildman–Crippen MR) is 118 cm³/mol. The first-order chi connectivity index (χ1) is 15.2. The minimum Gasteiger partial charge on any atom is -0.495 e. The number of amides is 2. The number of aromatic nitrogens is 1. The predicted octanol–water partition coefficient (Wildman–Crippen LogP) is 3.30. The third kappa shape index (κ3) is 3.82. The van der Waals surface area contributed by atoms with E-state index < -0.39 is 21.8 Å². The Kier molecular flexibility index (Phi) is 5.43. The number of anilines is 1. The van der Waals surface area contributed by atoms with E-state index in [0.29, 0.717) is 11.3 Å². The summed E-state index contributed by atoms with van der Waals surface area (Å²) in [5.74, 6) is -0.832. The highest BCUT2D eigenvalue weighted by Crippen LogP contribution is 2.30. The molecule has 1 N–H and O–H groups in total. The highest BCUT2D eigenvalue weighted by Gasteiger charge is 2.36. The van der Waals surface area contributed by atoms with E-state index >= 15 is 0 Å². The number of hydrogen-bond acceptors (Lipinski definition) is 6. The van der Waals surface area contributed by atoms with Crippen molar-refractivity contribution in [2.45, 2.75) is 25.3 Å². The van der Waals surface area contributed by atoms with Crippen molar-refractivity contribution in [3.8, 4) is 5.75 Å². The molecule has 0 unspecified atom stereocenters. The van der Waals surface area contributed by atoms with Gasteiger partial charge in [0.15, 0.2) is 0 Å². The maximum atomic E-state index is 13.2. The molecule has 0 spiro atoms. The van der Waals surface area contributed by atoms with Gasteiger partial charge in [-0.3, -0.25) is 24.2 Å². The van der Waals surface area contributed by atoms with E-state index in [2.05, 4.69) is 9.71 Å². The van der Waals surface area contributed by atoms with Gasteiger partial charge in [0, 0.05) is 6.20 Å². The van der Waals surface area contributed by atoms with Crippen LogP contribution in [0.25, 0.3) is 0 Å². The molecule has 32 heavy (non-hydrogen) atoms. The molecule has 0 aliphatic carbocycles. The van der Waals surface area contributed by atoms with Gasteiger partial charge in [-0.25, -0.2) is 8.42 Å². The van der Waals surface area contributed by atoms with Crippen LogP contribution in [0.3, 0.4) is 0 Å². The molecule has 2 aromatic carbocycles. The third-order valence-electron chi connectivity index (χ3n) is 5.23. The van der Waals surface area contributed by atoms with Gasteiger partial charge in [0.2, 0.25) is 0 Å². The SMILES string of the molecule is COc1ccc(CN2C(=O)c3cccnc3C2=O)cc1S(=O)(=O)Nc1cc(C)ccc1C. The number of fused-ring (bicyclic) bond motifs is 1. The quantitative estimate of drug-likeness (QED) is 0.577. The Morgan fingerprint density at radius 3 is 2.53 bits per heavy atom. The van der Waals surface area contributed by atoms with Crippen molar-refractivity contribution < 1.29 is 22.7 Å². The van der Waals surface area contributed by atoms with Crippen molar-refractivity contribution in [1.82, 2.24) is 9.88 Å². The first kappa shape index (κ1) is 21.5. The average Bonchev–Trinajstić information content (AvgIpc) is 3.01. The fraction of sp³-hybridized carbons (Fsp3) is 0.174. The Hall–Kier alpha value is -3.72. The molecule has 0 saturated heterocycles. The van der Waals surface area contributed by atoms with Crippen LogP contribution in [0.4, 0.5) is 5.69 Å². The first-order valence-corrected chi connectivity index (χ1v) is 11.3. The van der Waals surface area contributed by atoms with Crippen LogP contribution in [0.5, 0.6) is 5.75 Å². The molecule has 2 heterocycles. The molecule has 0 bridgehead atoms. The van der Waals surface area contributed by atoms with Gasteiger partial charge in [0.25, 0.3) is 21.8 Å². The number of nitrogens with one attached hydrogen (secondary N) is 1. The number of carbonyl (C=O) groups is 2. The van der Waals surface area contributed by atoms with Crippen molar-refractivity contribution in [2.24, 2.45) is 0 Å². The van der Waals surface area contributed by atoms with Crippen LogP contribution in [0.15, 0.2) is 59.6 Å². The van der Waals surface area contributed by atoms with E-state index in [1.165, 1.54) is 25.4 Å². The number of aryl methyl sites for hydroxylation is 2. The Balaban J connectivity index is 1.67. The zero-order valence-corrected chi connectivity index (χ0v) is 18.6. The second-order valence-electron chi connectivity index (χ2n) is 7.51. The highest BCUT2D eigenvalue weighted by atomic mass is 32.2. The van der Waals surface area contributed by atoms with E-state index in [4.69, 9.17) is 4.74 Å². The highest BCUT2D eigenvalue weighted by molar-refractivity contribution is 7.92. The maximum absolute atomic E-state index is 13.2. The van der Waals surface area contributed by atoms with Crippen molar-refractivity contribution in [1.29, 1.82) is 0 Å². The van der Waals surface area contributed by atoms with Crippen molar-refractivity contribution in [2.75, 3.05) is 11.8 Å². The number of imide groups is 1. The zero-order valence-electron chi connectivity index (χ0n) is 17.7. The number of benzene rings is 2. The molecule has 8 nitrogen and oxygen atoms in total. The monoisotopic (exact) mass is 451 g/mol. The summed E-state index contributed by atoms with van der Waals surface area (Å²) in [6, 6.07) is 13.1. The molecule has 1 aromatic heterocycles. The average molecular weight is 452 g/mol. The van der Waals surface area contributed by atoms with Gasteiger partial charge >= 0.3 is 0 Å². The molecule has 0 radical (unpaired) electrons. The van der Waals surface area contributed by atoms with Gasteiger partial charge in [-0.1, -0.05) is 18.2 Å². The Morgan fingerprint density at radius 2 is 1.81 bits per heavy atom. The zero-order chi connectivity index (χ0) is 23.0. The van der Waals surface area contributed by atoms with Gasteiger partial charge in [0.05, 0.1) is 24.9 Å². The summed E-state index contributed by atoms with van der Waals surface area (Å²) in [5.41, 5.74) is 2.93. The minimum atomic E-state index is -4.01. The third-order valence-corrected chi connectivity index (χ3v) is 6.61. The lowest BCUT2D eigenvalue weighted by atomic mass is 10.1. The van der Waals surface area contributed by atoms with Crippen LogP contribution in [0, 0.1) is 13.8 Å². The molecule has 0 atom stereocenters. The summed E-state index contributed by atoms with van der Waals surface area (Å²) in [4.78, 5) is 30.2. The number of ether oxygens (including phenoxy) is 1. The Morgan fingerprint density at radius 1 is 1.03 bits per heavy atom. The number of carbonyl (C=O) groups excluding carboxylic acids is 2. The molecular formula is C23H21N3O5S. The first-order valence-electron chi connectivity index (χ1n) is 9.79. The summed E-state index contributed by atoms with van der Waals surface area (Å²) in [6.07, 6.45) is 1.45. The fourth-order valence-electron chi connectivity index (χ4n) is 3.51. The lowest BCUT2D eigenvalue weighted by Crippen LogP contribution is -2.29. The standard InChI is InChI=1S/C23H21N3O5S/c1-14-6-7-15(2)18(11-14)25-32(29,30)20-12-16(8-9-19(20)31-3)13-26-22(27)17-5-4-10-24-21(17)23(26)28/h4-12,25H,13H2,1-3H3. The van der Waals surface area contributed by atoms with Crippen LogP contribution in [0.1, 0.15) is 37.5 Å². The number of hydrogen-bond donors (Lipinski definition) is 1. The topological polar surface area (TPSA) is 106 Å².